The van der Waals surface area contributed by atoms with Crippen LogP contribution in [0.2, 0.25) is 0 Å². The number of esters is 1. The molecule has 4 atom stereocenters. The van der Waals surface area contributed by atoms with Crippen molar-refractivity contribution in [1.29, 1.82) is 0 Å². The highest BCUT2D eigenvalue weighted by Gasteiger charge is 2.42. The minimum absolute atomic E-state index is 0.183. The summed E-state index contributed by atoms with van der Waals surface area (Å²) in [5, 5.41) is 12.8. The van der Waals surface area contributed by atoms with E-state index in [-0.39, 0.29) is 31.6 Å². The van der Waals surface area contributed by atoms with E-state index >= 15 is 0 Å². The first-order valence-corrected chi connectivity index (χ1v) is 12.0. The molecule has 35 heavy (non-hydrogen) atoms. The Labute approximate surface area is 206 Å². The molecular weight excluding hydrogens is 448 g/mol. The number of amides is 1. The van der Waals surface area contributed by atoms with Gasteiger partial charge in [0.25, 0.3) is 0 Å². The molecule has 8 heteroatoms. The lowest BCUT2D eigenvalue weighted by Gasteiger charge is -2.27. The lowest BCUT2D eigenvalue weighted by molar-refractivity contribution is -0.150. The van der Waals surface area contributed by atoms with Crippen molar-refractivity contribution in [2.75, 3.05) is 13.2 Å². The van der Waals surface area contributed by atoms with Gasteiger partial charge in [0.05, 0.1) is 25.4 Å². The second kappa shape index (κ2) is 13.0. The van der Waals surface area contributed by atoms with Crippen LogP contribution in [0, 0.1) is 0 Å². The second-order valence-electron chi connectivity index (χ2n) is 8.72. The van der Waals surface area contributed by atoms with Gasteiger partial charge in [0.1, 0.15) is 12.1 Å². The maximum atomic E-state index is 13.3. The van der Waals surface area contributed by atoms with Crippen LogP contribution in [-0.2, 0) is 36.9 Å². The number of carboxylic acid groups (broad SMARTS) is 1. The van der Waals surface area contributed by atoms with Crippen LogP contribution in [0.4, 0.5) is 0 Å². The Bertz CT molecular complexity index is 968. The van der Waals surface area contributed by atoms with E-state index < -0.39 is 30.1 Å². The molecule has 0 bridgehead atoms. The fourth-order valence-corrected chi connectivity index (χ4v) is 4.27. The highest BCUT2D eigenvalue weighted by atomic mass is 16.5. The number of benzene rings is 2. The van der Waals surface area contributed by atoms with Crippen molar-refractivity contribution in [3.05, 3.63) is 71.8 Å². The lowest BCUT2D eigenvalue weighted by Crippen LogP contribution is -2.53. The summed E-state index contributed by atoms with van der Waals surface area (Å²) in [5.74, 6) is -1.87. The molecule has 188 valence electrons. The average molecular weight is 483 g/mol. The van der Waals surface area contributed by atoms with Crippen LogP contribution in [-0.4, -0.2) is 65.2 Å². The zero-order valence-electron chi connectivity index (χ0n) is 20.3. The molecule has 2 N–H and O–H groups in total. The molecule has 8 nitrogen and oxygen atoms in total. The van der Waals surface area contributed by atoms with E-state index in [9.17, 15) is 19.5 Å². The number of nitrogens with zero attached hydrogens (tertiary/aromatic N) is 1. The third-order valence-electron chi connectivity index (χ3n) is 6.12. The average Bonchev–Trinajstić information content (AvgIpc) is 3.31. The van der Waals surface area contributed by atoms with E-state index in [1.807, 2.05) is 60.7 Å². The number of carbonyl (C=O) groups excluding carboxylic acids is 2. The summed E-state index contributed by atoms with van der Waals surface area (Å²) in [5.41, 5.74) is 2.06. The van der Waals surface area contributed by atoms with E-state index in [2.05, 4.69) is 5.32 Å². The predicted molar refractivity (Wildman–Crippen MR) is 131 cm³/mol. The van der Waals surface area contributed by atoms with Crippen LogP contribution < -0.4 is 5.32 Å². The molecule has 2 unspecified atom stereocenters. The number of hydrogen-bond donors (Lipinski definition) is 2. The van der Waals surface area contributed by atoms with Crippen LogP contribution in [0.25, 0.3) is 0 Å². The lowest BCUT2D eigenvalue weighted by atomic mass is 10.0. The largest absolute Gasteiger partial charge is 0.480 e. The first-order valence-electron chi connectivity index (χ1n) is 12.0. The molecule has 1 heterocycles. The van der Waals surface area contributed by atoms with Crippen molar-refractivity contribution in [1.82, 2.24) is 10.2 Å². The molecule has 0 radical (unpaired) electrons. The van der Waals surface area contributed by atoms with Gasteiger partial charge in [-0.15, -0.1) is 0 Å². The predicted octanol–water partition coefficient (Wildman–Crippen LogP) is 2.80. The van der Waals surface area contributed by atoms with E-state index in [1.54, 1.807) is 13.8 Å². The first-order chi connectivity index (χ1) is 16.9. The smallest absolute Gasteiger partial charge is 0.326 e. The molecule has 0 aliphatic carbocycles. The maximum absolute atomic E-state index is 13.3. The third kappa shape index (κ3) is 7.63. The molecule has 1 saturated heterocycles. The topological polar surface area (TPSA) is 105 Å². The minimum atomic E-state index is -1.07. The Morgan fingerprint density at radius 1 is 1.06 bits per heavy atom. The molecule has 1 aliphatic rings. The van der Waals surface area contributed by atoms with Gasteiger partial charge >= 0.3 is 11.9 Å². The summed E-state index contributed by atoms with van der Waals surface area (Å²) in [6.45, 7) is 4.14. The van der Waals surface area contributed by atoms with Gasteiger partial charge in [-0.25, -0.2) is 4.79 Å². The van der Waals surface area contributed by atoms with Gasteiger partial charge in [0.15, 0.2) is 0 Å². The van der Waals surface area contributed by atoms with Crippen molar-refractivity contribution in [2.45, 2.75) is 63.9 Å². The zero-order valence-corrected chi connectivity index (χ0v) is 20.3. The van der Waals surface area contributed by atoms with Gasteiger partial charge in [-0.2, -0.15) is 0 Å². The van der Waals surface area contributed by atoms with Crippen LogP contribution in [0.5, 0.6) is 0 Å². The van der Waals surface area contributed by atoms with Crippen molar-refractivity contribution in [3.8, 4) is 0 Å². The second-order valence-corrected chi connectivity index (χ2v) is 8.72. The number of hydrogen-bond acceptors (Lipinski definition) is 6. The number of carbonyl (C=O) groups is 3. The van der Waals surface area contributed by atoms with Crippen molar-refractivity contribution in [3.63, 3.8) is 0 Å². The molecular formula is C27H34N2O6. The van der Waals surface area contributed by atoms with Crippen molar-refractivity contribution >= 4 is 17.8 Å². The summed E-state index contributed by atoms with van der Waals surface area (Å²) in [4.78, 5) is 39.1. The highest BCUT2D eigenvalue weighted by molar-refractivity contribution is 5.88. The van der Waals surface area contributed by atoms with Crippen LogP contribution in [0.15, 0.2) is 60.7 Å². The molecule has 1 amide bonds. The Balaban J connectivity index is 1.62. The standard InChI is InChI=1S/C27H34N2O6/c1-3-34-27(33)23(15-14-20-10-6-4-7-11-20)28-19(2)25(30)29-17-22(16-24(29)26(31)32)35-18-21-12-8-5-9-13-21/h4-13,19,22-24,28H,3,14-18H2,1-2H3,(H,31,32)/t19-,22+,23?,24?/m0/s1. The molecule has 0 saturated carbocycles. The number of rotatable bonds is 12. The van der Waals surface area contributed by atoms with E-state index in [0.717, 1.165) is 11.1 Å². The van der Waals surface area contributed by atoms with Crippen molar-refractivity contribution in [2.24, 2.45) is 0 Å². The third-order valence-corrected chi connectivity index (χ3v) is 6.12. The Morgan fingerprint density at radius 3 is 2.29 bits per heavy atom. The summed E-state index contributed by atoms with van der Waals surface area (Å²) in [6, 6.07) is 16.9. The molecule has 3 rings (SSSR count). The number of nitrogens with one attached hydrogen (secondary N) is 1. The molecule has 1 aliphatic heterocycles. The molecule has 2 aromatic carbocycles. The fourth-order valence-electron chi connectivity index (χ4n) is 4.27. The van der Waals surface area contributed by atoms with E-state index in [0.29, 0.717) is 19.4 Å². The molecule has 2 aromatic rings. The van der Waals surface area contributed by atoms with Crippen LogP contribution >= 0.6 is 0 Å². The minimum Gasteiger partial charge on any atom is -0.480 e. The van der Waals surface area contributed by atoms with Gasteiger partial charge in [-0.05, 0) is 37.8 Å². The first kappa shape index (κ1) is 26.4. The number of ether oxygens (including phenoxy) is 2. The highest BCUT2D eigenvalue weighted by Crippen LogP contribution is 2.23. The summed E-state index contributed by atoms with van der Waals surface area (Å²) >= 11 is 0. The number of likely N-dealkylation sites (tertiary alicyclic amines) is 1. The van der Waals surface area contributed by atoms with Crippen molar-refractivity contribution < 1.29 is 29.0 Å². The van der Waals surface area contributed by atoms with Gasteiger partial charge in [-0.3, -0.25) is 14.9 Å². The van der Waals surface area contributed by atoms with Gasteiger partial charge < -0.3 is 19.5 Å². The summed E-state index contributed by atoms with van der Waals surface area (Å²) in [7, 11) is 0. The van der Waals surface area contributed by atoms with Crippen LogP contribution in [0.1, 0.15) is 37.8 Å². The molecule has 1 fully saturated rings. The number of aliphatic carboxylic acids is 1. The van der Waals surface area contributed by atoms with Gasteiger partial charge in [0, 0.05) is 13.0 Å². The quantitative estimate of drug-likeness (QED) is 0.448. The zero-order chi connectivity index (χ0) is 25.2. The Kier molecular flexibility index (Phi) is 9.81. The number of aryl methyl sites for hydroxylation is 1. The maximum Gasteiger partial charge on any atom is 0.326 e. The summed E-state index contributed by atoms with van der Waals surface area (Å²) in [6.07, 6.45) is 0.919. The van der Waals surface area contributed by atoms with Gasteiger partial charge in [-0.1, -0.05) is 60.7 Å². The van der Waals surface area contributed by atoms with E-state index in [4.69, 9.17) is 9.47 Å². The molecule has 0 aromatic heterocycles. The Morgan fingerprint density at radius 2 is 1.69 bits per heavy atom. The van der Waals surface area contributed by atoms with E-state index in [1.165, 1.54) is 4.90 Å². The van der Waals surface area contributed by atoms with Gasteiger partial charge in [0.2, 0.25) is 5.91 Å². The molecule has 0 spiro atoms. The summed E-state index contributed by atoms with van der Waals surface area (Å²) < 4.78 is 11.1. The fraction of sp³-hybridized carbons (Fsp3) is 0.444. The number of carboxylic acids is 1. The Hall–Kier alpha value is -3.23. The normalized spacial score (nSPS) is 19.2. The van der Waals surface area contributed by atoms with Crippen LogP contribution in [0.3, 0.4) is 0 Å². The monoisotopic (exact) mass is 482 g/mol. The SMILES string of the molecule is CCOC(=O)C(CCc1ccccc1)N[C@@H](C)C(=O)N1C[C@H](OCc2ccccc2)CC1C(=O)O.